The van der Waals surface area contributed by atoms with Crippen molar-refractivity contribution in [1.82, 2.24) is 4.90 Å². The first-order valence-corrected chi connectivity index (χ1v) is 8.47. The average molecular weight is 305 g/mol. The Bertz CT molecular complexity index is 439. The minimum absolute atomic E-state index is 0.253. The normalized spacial score (nSPS) is 28.7. The molecule has 1 saturated carbocycles. The lowest BCUT2D eigenvalue weighted by atomic mass is 10.1. The SMILES string of the molecule is CCO[C@H]1CC[C@H]2[C@H]1OCCN2CCOCc1ccccc1. The van der Waals surface area contributed by atoms with Gasteiger partial charge in [0.25, 0.3) is 0 Å². The summed E-state index contributed by atoms with van der Waals surface area (Å²) >= 11 is 0. The molecule has 3 rings (SSSR count). The molecule has 122 valence electrons. The summed E-state index contributed by atoms with van der Waals surface area (Å²) in [6.07, 6.45) is 2.82. The van der Waals surface area contributed by atoms with E-state index in [-0.39, 0.29) is 12.2 Å². The molecule has 1 aromatic rings. The second-order valence-electron chi connectivity index (χ2n) is 6.05. The minimum atomic E-state index is 0.253. The molecule has 0 unspecified atom stereocenters. The zero-order chi connectivity index (χ0) is 15.2. The third-order valence-electron chi connectivity index (χ3n) is 4.67. The fourth-order valence-electron chi connectivity index (χ4n) is 3.61. The van der Waals surface area contributed by atoms with Gasteiger partial charge in [-0.1, -0.05) is 30.3 Å². The van der Waals surface area contributed by atoms with Crippen LogP contribution < -0.4 is 0 Å². The molecule has 0 aromatic heterocycles. The molecule has 0 radical (unpaired) electrons. The molecule has 0 bridgehead atoms. The number of benzene rings is 1. The Hall–Kier alpha value is -0.940. The molecule has 1 aliphatic carbocycles. The van der Waals surface area contributed by atoms with Crippen LogP contribution in [0.5, 0.6) is 0 Å². The molecule has 0 amide bonds. The number of fused-ring (bicyclic) bond motifs is 1. The number of hydrogen-bond acceptors (Lipinski definition) is 4. The second kappa shape index (κ2) is 8.06. The van der Waals surface area contributed by atoms with Gasteiger partial charge in [0.15, 0.2) is 0 Å². The van der Waals surface area contributed by atoms with E-state index in [1.165, 1.54) is 12.0 Å². The van der Waals surface area contributed by atoms with E-state index in [4.69, 9.17) is 14.2 Å². The van der Waals surface area contributed by atoms with Gasteiger partial charge in [-0.3, -0.25) is 4.90 Å². The number of nitrogens with zero attached hydrogens (tertiary/aromatic N) is 1. The van der Waals surface area contributed by atoms with Gasteiger partial charge in [0.2, 0.25) is 0 Å². The maximum atomic E-state index is 5.97. The van der Waals surface area contributed by atoms with Crippen LogP contribution in [-0.4, -0.2) is 56.1 Å². The summed E-state index contributed by atoms with van der Waals surface area (Å²) in [6, 6.07) is 10.9. The highest BCUT2D eigenvalue weighted by Crippen LogP contribution is 2.31. The molecule has 1 aromatic carbocycles. The zero-order valence-electron chi connectivity index (χ0n) is 13.4. The van der Waals surface area contributed by atoms with Crippen LogP contribution in [0.1, 0.15) is 25.3 Å². The lowest BCUT2D eigenvalue weighted by Gasteiger charge is -2.38. The van der Waals surface area contributed by atoms with Gasteiger partial charge in [0.1, 0.15) is 0 Å². The van der Waals surface area contributed by atoms with E-state index in [9.17, 15) is 0 Å². The highest BCUT2D eigenvalue weighted by atomic mass is 16.5. The van der Waals surface area contributed by atoms with Gasteiger partial charge in [-0.05, 0) is 25.3 Å². The third kappa shape index (κ3) is 3.87. The van der Waals surface area contributed by atoms with Gasteiger partial charge < -0.3 is 14.2 Å². The van der Waals surface area contributed by atoms with E-state index in [0.29, 0.717) is 12.6 Å². The molecule has 2 aliphatic rings. The summed E-state index contributed by atoms with van der Waals surface area (Å²) in [6.45, 7) is 7.11. The van der Waals surface area contributed by atoms with Gasteiger partial charge in [-0.2, -0.15) is 0 Å². The van der Waals surface area contributed by atoms with Crippen molar-refractivity contribution in [3.8, 4) is 0 Å². The fourth-order valence-corrected chi connectivity index (χ4v) is 3.61. The van der Waals surface area contributed by atoms with Crippen LogP contribution in [0.3, 0.4) is 0 Å². The maximum absolute atomic E-state index is 5.97. The average Bonchev–Trinajstić information content (AvgIpc) is 2.97. The quantitative estimate of drug-likeness (QED) is 0.724. The van der Waals surface area contributed by atoms with Crippen molar-refractivity contribution in [3.05, 3.63) is 35.9 Å². The first-order valence-electron chi connectivity index (χ1n) is 8.47. The van der Waals surface area contributed by atoms with Crippen LogP contribution in [0.15, 0.2) is 30.3 Å². The summed E-state index contributed by atoms with van der Waals surface area (Å²) in [5, 5.41) is 0. The Labute approximate surface area is 133 Å². The van der Waals surface area contributed by atoms with Crippen molar-refractivity contribution < 1.29 is 14.2 Å². The molecule has 3 atom stereocenters. The monoisotopic (exact) mass is 305 g/mol. The molecular formula is C18H27NO3. The number of ether oxygens (including phenoxy) is 3. The van der Waals surface area contributed by atoms with Gasteiger partial charge in [-0.15, -0.1) is 0 Å². The van der Waals surface area contributed by atoms with Crippen LogP contribution in [0.2, 0.25) is 0 Å². The van der Waals surface area contributed by atoms with Crippen molar-refractivity contribution >= 4 is 0 Å². The molecule has 1 aliphatic heterocycles. The first-order chi connectivity index (χ1) is 10.9. The third-order valence-corrected chi connectivity index (χ3v) is 4.67. The highest BCUT2D eigenvalue weighted by molar-refractivity contribution is 5.13. The van der Waals surface area contributed by atoms with Gasteiger partial charge in [0, 0.05) is 25.7 Å². The van der Waals surface area contributed by atoms with E-state index in [2.05, 4.69) is 36.1 Å². The van der Waals surface area contributed by atoms with Crippen molar-refractivity contribution in [2.24, 2.45) is 0 Å². The first kappa shape index (κ1) is 15.9. The minimum Gasteiger partial charge on any atom is -0.376 e. The predicted molar refractivity (Wildman–Crippen MR) is 85.8 cm³/mol. The summed E-state index contributed by atoms with van der Waals surface area (Å²) < 4.78 is 17.6. The number of hydrogen-bond donors (Lipinski definition) is 0. The predicted octanol–water partition coefficient (Wildman–Crippen LogP) is 2.47. The summed E-state index contributed by atoms with van der Waals surface area (Å²) in [7, 11) is 0. The molecule has 0 spiro atoms. The van der Waals surface area contributed by atoms with Crippen molar-refractivity contribution in [2.45, 2.75) is 44.6 Å². The van der Waals surface area contributed by atoms with E-state index < -0.39 is 0 Å². The highest BCUT2D eigenvalue weighted by Gasteiger charge is 2.42. The lowest BCUT2D eigenvalue weighted by Crippen LogP contribution is -2.52. The topological polar surface area (TPSA) is 30.9 Å². The van der Waals surface area contributed by atoms with Gasteiger partial charge in [-0.25, -0.2) is 0 Å². The largest absolute Gasteiger partial charge is 0.376 e. The molecule has 4 nitrogen and oxygen atoms in total. The second-order valence-corrected chi connectivity index (χ2v) is 6.05. The fraction of sp³-hybridized carbons (Fsp3) is 0.667. The Kier molecular flexibility index (Phi) is 5.84. The molecule has 0 N–H and O–H groups in total. The molecule has 22 heavy (non-hydrogen) atoms. The van der Waals surface area contributed by atoms with Crippen LogP contribution in [0.4, 0.5) is 0 Å². The van der Waals surface area contributed by atoms with Gasteiger partial charge in [0.05, 0.1) is 32.0 Å². The van der Waals surface area contributed by atoms with E-state index in [1.807, 2.05) is 6.07 Å². The summed E-state index contributed by atoms with van der Waals surface area (Å²) in [5.74, 6) is 0. The van der Waals surface area contributed by atoms with E-state index >= 15 is 0 Å². The zero-order valence-corrected chi connectivity index (χ0v) is 13.4. The maximum Gasteiger partial charge on any atom is 0.0991 e. The smallest absolute Gasteiger partial charge is 0.0991 e. The molecule has 1 saturated heterocycles. The van der Waals surface area contributed by atoms with Gasteiger partial charge >= 0.3 is 0 Å². The van der Waals surface area contributed by atoms with Crippen LogP contribution in [-0.2, 0) is 20.8 Å². The Morgan fingerprint density at radius 1 is 1.23 bits per heavy atom. The van der Waals surface area contributed by atoms with Crippen LogP contribution in [0, 0.1) is 0 Å². The summed E-state index contributed by atoms with van der Waals surface area (Å²) in [4.78, 5) is 2.53. The van der Waals surface area contributed by atoms with Crippen molar-refractivity contribution in [3.63, 3.8) is 0 Å². The van der Waals surface area contributed by atoms with Crippen LogP contribution >= 0.6 is 0 Å². The standard InChI is InChI=1S/C18H27NO3/c1-2-21-17-9-8-16-18(17)22-13-11-19(16)10-12-20-14-15-6-4-3-5-7-15/h3-7,16-18H,2,8-14H2,1H3/t16-,17-,18+/m0/s1. The molecule has 2 fully saturated rings. The lowest BCUT2D eigenvalue weighted by molar-refractivity contribution is -0.114. The number of morpholine rings is 1. The molecular weight excluding hydrogens is 278 g/mol. The summed E-state index contributed by atoms with van der Waals surface area (Å²) in [5.41, 5.74) is 1.24. The Morgan fingerprint density at radius 2 is 2.09 bits per heavy atom. The van der Waals surface area contributed by atoms with Crippen LogP contribution in [0.25, 0.3) is 0 Å². The van der Waals surface area contributed by atoms with E-state index in [1.54, 1.807) is 0 Å². The Balaban J connectivity index is 1.42. The van der Waals surface area contributed by atoms with Crippen molar-refractivity contribution in [2.75, 3.05) is 32.9 Å². The van der Waals surface area contributed by atoms with E-state index in [0.717, 1.165) is 39.3 Å². The Morgan fingerprint density at radius 3 is 2.91 bits per heavy atom. The molecule has 1 heterocycles. The van der Waals surface area contributed by atoms with Crippen molar-refractivity contribution in [1.29, 1.82) is 0 Å². The molecule has 4 heteroatoms. The number of rotatable bonds is 7.